The van der Waals surface area contributed by atoms with Gasteiger partial charge in [-0.2, -0.15) is 0 Å². The van der Waals surface area contributed by atoms with Crippen LogP contribution in [-0.4, -0.2) is 16.1 Å². The van der Waals surface area contributed by atoms with Gasteiger partial charge in [0, 0.05) is 10.9 Å². The average molecular weight is 231 g/mol. The minimum atomic E-state index is -0.878. The van der Waals surface area contributed by atoms with Crippen LogP contribution in [0.3, 0.4) is 0 Å². The lowest BCUT2D eigenvalue weighted by Gasteiger charge is -2.06. The number of carbonyl (C=O) groups is 1. The molecule has 0 bridgehead atoms. The van der Waals surface area contributed by atoms with Crippen molar-refractivity contribution in [2.24, 2.45) is 5.92 Å². The van der Waals surface area contributed by atoms with Gasteiger partial charge in [-0.1, -0.05) is 26.0 Å². The minimum absolute atomic E-state index is 0.336. The van der Waals surface area contributed by atoms with Crippen molar-refractivity contribution in [3.8, 4) is 0 Å². The first-order valence-electron chi connectivity index (χ1n) is 5.84. The zero-order valence-corrected chi connectivity index (χ0v) is 10.4. The van der Waals surface area contributed by atoms with Gasteiger partial charge in [0.1, 0.15) is 5.69 Å². The molecule has 0 radical (unpaired) electrons. The molecule has 90 valence electrons. The van der Waals surface area contributed by atoms with Crippen LogP contribution in [0.2, 0.25) is 0 Å². The number of nitrogens with one attached hydrogen (secondary N) is 1. The van der Waals surface area contributed by atoms with E-state index in [4.69, 9.17) is 0 Å². The van der Waals surface area contributed by atoms with Crippen LogP contribution in [0.25, 0.3) is 10.9 Å². The maximum Gasteiger partial charge on any atom is 0.352 e. The summed E-state index contributed by atoms with van der Waals surface area (Å²) in [7, 11) is 0. The number of benzene rings is 1. The Morgan fingerprint density at radius 2 is 2.12 bits per heavy atom. The highest BCUT2D eigenvalue weighted by molar-refractivity contribution is 5.98. The molecule has 0 saturated heterocycles. The maximum atomic E-state index is 11.3. The molecule has 0 unspecified atom stereocenters. The van der Waals surface area contributed by atoms with E-state index in [-0.39, 0.29) is 0 Å². The zero-order chi connectivity index (χ0) is 12.6. The van der Waals surface area contributed by atoms with Gasteiger partial charge in [-0.3, -0.25) is 0 Å². The Balaban J connectivity index is 2.73. The number of H-pyrrole nitrogens is 1. The third-order valence-electron chi connectivity index (χ3n) is 2.96. The number of aromatic nitrogens is 1. The van der Waals surface area contributed by atoms with Gasteiger partial charge in [-0.25, -0.2) is 4.79 Å². The molecule has 0 fully saturated rings. The SMILES string of the molecule is Cc1cccc2[nH]c(C(=O)O)c(CC(C)C)c12. The largest absolute Gasteiger partial charge is 0.477 e. The molecule has 0 saturated carbocycles. The van der Waals surface area contributed by atoms with E-state index in [0.29, 0.717) is 11.6 Å². The molecule has 1 aromatic heterocycles. The highest BCUT2D eigenvalue weighted by Crippen LogP contribution is 2.27. The molecular weight excluding hydrogens is 214 g/mol. The van der Waals surface area contributed by atoms with Gasteiger partial charge in [0.05, 0.1) is 0 Å². The summed E-state index contributed by atoms with van der Waals surface area (Å²) in [6, 6.07) is 5.89. The standard InChI is InChI=1S/C14H17NO2/c1-8(2)7-10-12-9(3)5-4-6-11(12)15-13(10)14(16)17/h4-6,8,15H,7H2,1-3H3,(H,16,17). The highest BCUT2D eigenvalue weighted by Gasteiger charge is 2.18. The summed E-state index contributed by atoms with van der Waals surface area (Å²) in [5.74, 6) is -0.442. The number of fused-ring (bicyclic) bond motifs is 1. The van der Waals surface area contributed by atoms with Gasteiger partial charge in [0.15, 0.2) is 0 Å². The molecule has 0 aliphatic carbocycles. The highest BCUT2D eigenvalue weighted by atomic mass is 16.4. The first-order chi connectivity index (χ1) is 8.00. The van der Waals surface area contributed by atoms with Crippen LogP contribution in [0, 0.1) is 12.8 Å². The van der Waals surface area contributed by atoms with Crippen molar-refractivity contribution in [3.63, 3.8) is 0 Å². The molecule has 0 aliphatic heterocycles. The number of carboxylic acid groups (broad SMARTS) is 1. The quantitative estimate of drug-likeness (QED) is 0.850. The smallest absolute Gasteiger partial charge is 0.352 e. The molecule has 3 heteroatoms. The fourth-order valence-electron chi connectivity index (χ4n) is 2.30. The van der Waals surface area contributed by atoms with Crippen molar-refractivity contribution in [1.29, 1.82) is 0 Å². The number of hydrogen-bond donors (Lipinski definition) is 2. The molecule has 1 heterocycles. The van der Waals surface area contributed by atoms with Crippen LogP contribution in [0.1, 0.15) is 35.5 Å². The van der Waals surface area contributed by atoms with E-state index < -0.39 is 5.97 Å². The van der Waals surface area contributed by atoms with Crippen molar-refractivity contribution in [1.82, 2.24) is 4.98 Å². The molecule has 2 N–H and O–H groups in total. The van der Waals surface area contributed by atoms with Gasteiger partial charge >= 0.3 is 5.97 Å². The van der Waals surface area contributed by atoms with Crippen molar-refractivity contribution >= 4 is 16.9 Å². The molecule has 17 heavy (non-hydrogen) atoms. The van der Waals surface area contributed by atoms with Gasteiger partial charge in [-0.05, 0) is 36.5 Å². The molecule has 0 aliphatic rings. The fraction of sp³-hybridized carbons (Fsp3) is 0.357. The first-order valence-corrected chi connectivity index (χ1v) is 5.84. The Labute approximate surface area is 100 Å². The van der Waals surface area contributed by atoms with Crippen molar-refractivity contribution in [2.45, 2.75) is 27.2 Å². The van der Waals surface area contributed by atoms with E-state index in [9.17, 15) is 9.90 Å². The first kappa shape index (κ1) is 11.7. The molecule has 2 rings (SSSR count). The summed E-state index contributed by atoms with van der Waals surface area (Å²) in [5, 5.41) is 10.3. The Morgan fingerprint density at radius 3 is 2.71 bits per heavy atom. The summed E-state index contributed by atoms with van der Waals surface area (Å²) < 4.78 is 0. The maximum absolute atomic E-state index is 11.3. The second-order valence-electron chi connectivity index (χ2n) is 4.88. The third kappa shape index (κ3) is 2.05. The van der Waals surface area contributed by atoms with Gasteiger partial charge in [0.2, 0.25) is 0 Å². The minimum Gasteiger partial charge on any atom is -0.477 e. The molecule has 0 amide bonds. The molecule has 0 atom stereocenters. The number of hydrogen-bond acceptors (Lipinski definition) is 1. The van der Waals surface area contributed by atoms with Crippen molar-refractivity contribution in [2.75, 3.05) is 0 Å². The van der Waals surface area contributed by atoms with E-state index >= 15 is 0 Å². The molecule has 0 spiro atoms. The Hall–Kier alpha value is -1.77. The predicted molar refractivity (Wildman–Crippen MR) is 68.5 cm³/mol. The lowest BCUT2D eigenvalue weighted by Crippen LogP contribution is -2.04. The zero-order valence-electron chi connectivity index (χ0n) is 10.4. The van der Waals surface area contributed by atoms with E-state index in [1.807, 2.05) is 25.1 Å². The summed E-state index contributed by atoms with van der Waals surface area (Å²) in [6.45, 7) is 6.22. The topological polar surface area (TPSA) is 53.1 Å². The van der Waals surface area contributed by atoms with Crippen LogP contribution in [0.4, 0.5) is 0 Å². The normalized spacial score (nSPS) is 11.3. The number of rotatable bonds is 3. The summed E-state index contributed by atoms with van der Waals surface area (Å²) >= 11 is 0. The molecular formula is C14H17NO2. The Kier molecular flexibility index (Phi) is 2.92. The van der Waals surface area contributed by atoms with Crippen molar-refractivity contribution < 1.29 is 9.90 Å². The number of aromatic amines is 1. The third-order valence-corrected chi connectivity index (χ3v) is 2.96. The van der Waals surface area contributed by atoms with E-state index in [2.05, 4.69) is 18.8 Å². The van der Waals surface area contributed by atoms with Gasteiger partial charge < -0.3 is 10.1 Å². The molecule has 2 aromatic rings. The Morgan fingerprint density at radius 1 is 1.41 bits per heavy atom. The van der Waals surface area contributed by atoms with E-state index in [0.717, 1.165) is 28.5 Å². The van der Waals surface area contributed by atoms with E-state index in [1.54, 1.807) is 0 Å². The average Bonchev–Trinajstić information content (AvgIpc) is 2.57. The van der Waals surface area contributed by atoms with Crippen LogP contribution in [-0.2, 0) is 6.42 Å². The molecule has 1 aromatic carbocycles. The lowest BCUT2D eigenvalue weighted by atomic mass is 9.97. The summed E-state index contributed by atoms with van der Waals surface area (Å²) in [6.07, 6.45) is 0.784. The number of aryl methyl sites for hydroxylation is 1. The van der Waals surface area contributed by atoms with Crippen LogP contribution in [0.5, 0.6) is 0 Å². The van der Waals surface area contributed by atoms with Gasteiger partial charge in [0.25, 0.3) is 0 Å². The Bertz CT molecular complexity index is 567. The summed E-state index contributed by atoms with van der Waals surface area (Å²) in [4.78, 5) is 14.3. The summed E-state index contributed by atoms with van der Waals surface area (Å²) in [5.41, 5.74) is 3.31. The number of aromatic carboxylic acids is 1. The lowest BCUT2D eigenvalue weighted by molar-refractivity contribution is 0.0690. The fourth-order valence-corrected chi connectivity index (χ4v) is 2.30. The van der Waals surface area contributed by atoms with Gasteiger partial charge in [-0.15, -0.1) is 0 Å². The second kappa shape index (κ2) is 4.24. The van der Waals surface area contributed by atoms with E-state index in [1.165, 1.54) is 0 Å². The monoisotopic (exact) mass is 231 g/mol. The number of carboxylic acids is 1. The van der Waals surface area contributed by atoms with Crippen LogP contribution in [0.15, 0.2) is 18.2 Å². The van der Waals surface area contributed by atoms with Crippen LogP contribution < -0.4 is 0 Å². The second-order valence-corrected chi connectivity index (χ2v) is 4.88. The molecule has 3 nitrogen and oxygen atoms in total. The van der Waals surface area contributed by atoms with Crippen molar-refractivity contribution in [3.05, 3.63) is 35.0 Å². The predicted octanol–water partition coefficient (Wildman–Crippen LogP) is 3.37. The van der Waals surface area contributed by atoms with Crippen LogP contribution >= 0.6 is 0 Å².